The molecule has 5 nitrogen and oxygen atoms in total. The number of hydrogen-bond donors (Lipinski definition) is 0. The maximum atomic E-state index is 11.7. The molecule has 0 radical (unpaired) electrons. The van der Waals surface area contributed by atoms with Crippen molar-refractivity contribution in [3.05, 3.63) is 28.3 Å². The van der Waals surface area contributed by atoms with Crippen molar-refractivity contribution in [3.63, 3.8) is 0 Å². The highest BCUT2D eigenvalue weighted by Gasteiger charge is 2.24. The number of halogens is 1. The highest BCUT2D eigenvalue weighted by molar-refractivity contribution is 7.90. The number of aldehydes is 1. The Morgan fingerprint density at radius 3 is 2.67 bits per heavy atom. The Kier molecular flexibility index (Phi) is 3.41. The Labute approximate surface area is 109 Å². The number of sulfone groups is 1. The van der Waals surface area contributed by atoms with Gasteiger partial charge in [0.15, 0.2) is 16.1 Å². The molecule has 96 valence electrons. The normalized spacial score (nSPS) is 15.1. The Hall–Kier alpha value is -1.40. The minimum atomic E-state index is -3.46. The van der Waals surface area contributed by atoms with Gasteiger partial charge in [-0.05, 0) is 12.1 Å². The minimum Gasteiger partial charge on any atom is -0.395 e. The number of carbonyl (C=O) groups is 1. The van der Waals surface area contributed by atoms with Crippen molar-refractivity contribution in [1.82, 2.24) is 0 Å². The van der Waals surface area contributed by atoms with Crippen LogP contribution in [-0.2, 0) is 14.7 Å². The summed E-state index contributed by atoms with van der Waals surface area (Å²) in [6.45, 7) is 0.375. The zero-order valence-electron chi connectivity index (χ0n) is 9.51. The van der Waals surface area contributed by atoms with Gasteiger partial charge in [0.25, 0.3) is 0 Å². The van der Waals surface area contributed by atoms with Gasteiger partial charge in [-0.1, -0.05) is 16.8 Å². The van der Waals surface area contributed by atoms with E-state index in [2.05, 4.69) is 5.16 Å². The summed E-state index contributed by atoms with van der Waals surface area (Å²) in [7, 11) is -3.46. The van der Waals surface area contributed by atoms with Gasteiger partial charge < -0.3 is 4.84 Å². The van der Waals surface area contributed by atoms with Crippen molar-refractivity contribution in [2.24, 2.45) is 5.16 Å². The second kappa shape index (κ2) is 4.70. The molecule has 1 aromatic carbocycles. The van der Waals surface area contributed by atoms with Crippen LogP contribution in [0.5, 0.6) is 0 Å². The van der Waals surface area contributed by atoms with Crippen molar-refractivity contribution in [1.29, 1.82) is 0 Å². The van der Waals surface area contributed by atoms with Crippen LogP contribution in [0.25, 0.3) is 0 Å². The quantitative estimate of drug-likeness (QED) is 0.793. The van der Waals surface area contributed by atoms with Crippen molar-refractivity contribution in [2.45, 2.75) is 11.3 Å². The molecular formula is C11H10ClNO4S. The van der Waals surface area contributed by atoms with E-state index in [1.165, 1.54) is 12.1 Å². The average molecular weight is 288 g/mol. The highest BCUT2D eigenvalue weighted by atomic mass is 35.5. The molecular weight excluding hydrogens is 278 g/mol. The van der Waals surface area contributed by atoms with E-state index in [4.69, 9.17) is 16.4 Å². The Morgan fingerprint density at radius 1 is 1.44 bits per heavy atom. The van der Waals surface area contributed by atoms with Crippen LogP contribution >= 0.6 is 11.6 Å². The summed E-state index contributed by atoms with van der Waals surface area (Å²) in [4.78, 5) is 15.8. The number of oxime groups is 1. The molecule has 1 aromatic rings. The third kappa shape index (κ3) is 2.26. The molecule has 0 spiro atoms. The lowest BCUT2D eigenvalue weighted by Gasteiger charge is -2.10. The molecule has 1 aliphatic heterocycles. The molecule has 2 rings (SSSR count). The van der Waals surface area contributed by atoms with Crippen LogP contribution in [0.4, 0.5) is 0 Å². The molecule has 0 unspecified atom stereocenters. The van der Waals surface area contributed by atoms with Crippen LogP contribution in [0.3, 0.4) is 0 Å². The molecule has 1 heterocycles. The smallest absolute Gasteiger partial charge is 0.176 e. The summed E-state index contributed by atoms with van der Waals surface area (Å²) in [5, 5.41) is 3.86. The Balaban J connectivity index is 2.76. The molecule has 0 saturated carbocycles. The van der Waals surface area contributed by atoms with Gasteiger partial charge in [0.05, 0.1) is 15.6 Å². The topological polar surface area (TPSA) is 72.8 Å². The maximum Gasteiger partial charge on any atom is 0.176 e. The first-order valence-electron chi connectivity index (χ1n) is 5.12. The fourth-order valence-corrected chi connectivity index (χ4v) is 3.01. The highest BCUT2D eigenvalue weighted by Crippen LogP contribution is 2.30. The summed E-state index contributed by atoms with van der Waals surface area (Å²) in [6.07, 6.45) is 2.12. The van der Waals surface area contributed by atoms with Gasteiger partial charge in [-0.3, -0.25) is 4.79 Å². The predicted molar refractivity (Wildman–Crippen MR) is 67.1 cm³/mol. The van der Waals surface area contributed by atoms with Crippen LogP contribution in [0.15, 0.2) is 22.2 Å². The predicted octanol–water partition coefficient (Wildman–Crippen LogP) is 1.68. The van der Waals surface area contributed by atoms with Crippen LogP contribution in [0.2, 0.25) is 5.02 Å². The molecule has 0 saturated heterocycles. The zero-order chi connectivity index (χ0) is 13.3. The number of nitrogens with zero attached hydrogens (tertiary/aromatic N) is 1. The van der Waals surface area contributed by atoms with Crippen LogP contribution < -0.4 is 0 Å². The van der Waals surface area contributed by atoms with Crippen LogP contribution in [0.1, 0.15) is 22.3 Å². The average Bonchev–Trinajstić information content (AvgIpc) is 2.80. The van der Waals surface area contributed by atoms with E-state index >= 15 is 0 Å². The molecule has 0 aliphatic carbocycles. The lowest BCUT2D eigenvalue weighted by atomic mass is 10.1. The van der Waals surface area contributed by atoms with Gasteiger partial charge in [0, 0.05) is 23.8 Å². The van der Waals surface area contributed by atoms with Crippen LogP contribution in [-0.4, -0.2) is 33.3 Å². The Bertz CT molecular complexity index is 637. The van der Waals surface area contributed by atoms with E-state index in [9.17, 15) is 13.2 Å². The first-order chi connectivity index (χ1) is 8.45. The fourth-order valence-electron chi connectivity index (χ4n) is 1.73. The molecule has 0 amide bonds. The van der Waals surface area contributed by atoms with Crippen molar-refractivity contribution >= 4 is 33.4 Å². The molecule has 18 heavy (non-hydrogen) atoms. The summed E-state index contributed by atoms with van der Waals surface area (Å²) in [5.74, 6) is 0. The van der Waals surface area contributed by atoms with Gasteiger partial charge in [0.1, 0.15) is 6.61 Å². The van der Waals surface area contributed by atoms with Crippen molar-refractivity contribution < 1.29 is 18.0 Å². The third-order valence-electron chi connectivity index (χ3n) is 2.55. The fraction of sp³-hybridized carbons (Fsp3) is 0.273. The van der Waals surface area contributed by atoms with E-state index in [0.717, 1.165) is 6.26 Å². The second-order valence-corrected chi connectivity index (χ2v) is 6.22. The summed E-state index contributed by atoms with van der Waals surface area (Å²) in [5.41, 5.74) is 0.944. The molecule has 0 N–H and O–H groups in total. The van der Waals surface area contributed by atoms with Gasteiger partial charge in [-0.2, -0.15) is 0 Å². The summed E-state index contributed by atoms with van der Waals surface area (Å²) in [6, 6.07) is 2.74. The summed E-state index contributed by atoms with van der Waals surface area (Å²) < 4.78 is 23.4. The van der Waals surface area contributed by atoms with Gasteiger partial charge in [-0.15, -0.1) is 0 Å². The summed E-state index contributed by atoms with van der Waals surface area (Å²) >= 11 is 6.07. The number of carbonyl (C=O) groups excluding carboxylic acids is 1. The maximum absolute atomic E-state index is 11.7. The SMILES string of the molecule is CS(=O)(=O)c1ccc(C=O)c(Cl)c1C1=NOCC1. The van der Waals surface area contributed by atoms with E-state index < -0.39 is 9.84 Å². The van der Waals surface area contributed by atoms with E-state index in [-0.39, 0.29) is 21.0 Å². The first kappa shape index (κ1) is 13.0. The molecule has 7 heteroatoms. The number of rotatable bonds is 3. The standard InChI is InChI=1S/C11H10ClNO4S/c1-18(15,16)9-3-2-7(6-14)11(12)10(9)8-4-5-17-13-8/h2-3,6H,4-5H2,1H3. The first-order valence-corrected chi connectivity index (χ1v) is 7.39. The van der Waals surface area contributed by atoms with Gasteiger partial charge in [-0.25, -0.2) is 8.42 Å². The number of benzene rings is 1. The number of hydrogen-bond acceptors (Lipinski definition) is 5. The molecule has 0 aromatic heterocycles. The van der Waals surface area contributed by atoms with Crippen LogP contribution in [0, 0.1) is 0 Å². The van der Waals surface area contributed by atoms with E-state index in [1.54, 1.807) is 0 Å². The van der Waals surface area contributed by atoms with E-state index in [0.29, 0.717) is 25.0 Å². The van der Waals surface area contributed by atoms with Crippen molar-refractivity contribution in [3.8, 4) is 0 Å². The lowest BCUT2D eigenvalue weighted by molar-refractivity contribution is 0.112. The van der Waals surface area contributed by atoms with Gasteiger partial charge >= 0.3 is 0 Å². The molecule has 1 aliphatic rings. The molecule has 0 bridgehead atoms. The zero-order valence-corrected chi connectivity index (χ0v) is 11.1. The van der Waals surface area contributed by atoms with Gasteiger partial charge in [0.2, 0.25) is 0 Å². The lowest BCUT2D eigenvalue weighted by Crippen LogP contribution is -2.10. The van der Waals surface area contributed by atoms with Crippen molar-refractivity contribution in [2.75, 3.05) is 12.9 Å². The Morgan fingerprint density at radius 2 is 2.17 bits per heavy atom. The second-order valence-electron chi connectivity index (χ2n) is 3.85. The largest absolute Gasteiger partial charge is 0.395 e. The van der Waals surface area contributed by atoms with E-state index in [1.807, 2.05) is 0 Å². The minimum absolute atomic E-state index is 0.0577. The third-order valence-corrected chi connectivity index (χ3v) is 4.10. The molecule has 0 atom stereocenters. The monoisotopic (exact) mass is 287 g/mol. The molecule has 0 fully saturated rings.